The Labute approximate surface area is 128 Å². The lowest BCUT2D eigenvalue weighted by molar-refractivity contribution is -0.123. The van der Waals surface area contributed by atoms with Gasteiger partial charge in [0, 0.05) is 12.6 Å². The van der Waals surface area contributed by atoms with Gasteiger partial charge in [-0.25, -0.2) is 0 Å². The number of rotatable bonds is 7. The van der Waals surface area contributed by atoms with E-state index in [9.17, 15) is 4.79 Å². The van der Waals surface area contributed by atoms with Gasteiger partial charge < -0.3 is 10.6 Å². The van der Waals surface area contributed by atoms with Gasteiger partial charge in [0.25, 0.3) is 0 Å². The zero-order valence-corrected chi connectivity index (χ0v) is 13.3. The zero-order chi connectivity index (χ0) is 15.1. The first kappa shape index (κ1) is 16.0. The highest BCUT2D eigenvalue weighted by Crippen LogP contribution is 2.27. The van der Waals surface area contributed by atoms with Crippen molar-refractivity contribution < 1.29 is 4.79 Å². The molecule has 1 aliphatic rings. The monoisotopic (exact) mass is 288 g/mol. The zero-order valence-electron chi connectivity index (χ0n) is 13.3. The molecule has 1 heterocycles. The Morgan fingerprint density at radius 3 is 2.76 bits per heavy atom. The summed E-state index contributed by atoms with van der Waals surface area (Å²) in [4.78, 5) is 12.6. The molecule has 1 aromatic carbocycles. The van der Waals surface area contributed by atoms with Crippen LogP contribution in [0.4, 0.5) is 0 Å². The Hall–Kier alpha value is -1.35. The molecule has 3 nitrogen and oxygen atoms in total. The number of nitrogens with one attached hydrogen (secondary N) is 2. The van der Waals surface area contributed by atoms with E-state index in [1.165, 1.54) is 12.8 Å². The average molecular weight is 288 g/mol. The van der Waals surface area contributed by atoms with Crippen molar-refractivity contribution in [2.45, 2.75) is 51.5 Å². The molecule has 0 bridgehead atoms. The topological polar surface area (TPSA) is 41.1 Å². The predicted octanol–water partition coefficient (Wildman–Crippen LogP) is 3.07. The Morgan fingerprint density at radius 2 is 2.14 bits per heavy atom. The fraction of sp³-hybridized carbons (Fsp3) is 0.611. The van der Waals surface area contributed by atoms with Crippen molar-refractivity contribution in [3.63, 3.8) is 0 Å². The number of amides is 1. The average Bonchev–Trinajstić information content (AvgIpc) is 3.01. The van der Waals surface area contributed by atoms with Gasteiger partial charge in [0.1, 0.15) is 0 Å². The van der Waals surface area contributed by atoms with Gasteiger partial charge in [-0.2, -0.15) is 0 Å². The normalized spacial score (nSPS) is 21.0. The van der Waals surface area contributed by atoms with Crippen LogP contribution in [0.5, 0.6) is 0 Å². The van der Waals surface area contributed by atoms with Crippen LogP contribution in [0.3, 0.4) is 0 Å². The molecule has 1 aromatic rings. The standard InChI is InChI=1S/C18H28N2O/c1-3-14(2)17(15-8-5-4-6-9-15)18(21)20-13-11-16-10-7-12-19-16/h4-6,8-9,14,16-17,19H,3,7,10-13H2,1-2H3,(H,20,21)/t14?,16-,17?/m0/s1. The molecular formula is C18H28N2O. The quantitative estimate of drug-likeness (QED) is 0.809. The van der Waals surface area contributed by atoms with Crippen LogP contribution in [0.2, 0.25) is 0 Å². The minimum atomic E-state index is -0.0345. The second kappa shape index (κ2) is 8.18. The van der Waals surface area contributed by atoms with Gasteiger partial charge in [0.05, 0.1) is 5.92 Å². The van der Waals surface area contributed by atoms with Gasteiger partial charge in [-0.15, -0.1) is 0 Å². The van der Waals surface area contributed by atoms with Crippen molar-refractivity contribution in [2.24, 2.45) is 5.92 Å². The fourth-order valence-electron chi connectivity index (χ4n) is 3.12. The van der Waals surface area contributed by atoms with Crippen molar-refractivity contribution >= 4 is 5.91 Å². The molecule has 3 heteroatoms. The number of hydrogen-bond donors (Lipinski definition) is 2. The molecule has 1 amide bonds. The van der Waals surface area contributed by atoms with E-state index in [2.05, 4.69) is 36.6 Å². The Morgan fingerprint density at radius 1 is 1.38 bits per heavy atom. The molecule has 2 N–H and O–H groups in total. The minimum absolute atomic E-state index is 0.0345. The summed E-state index contributed by atoms with van der Waals surface area (Å²) in [6, 6.07) is 10.7. The third-order valence-corrected chi connectivity index (χ3v) is 4.61. The maximum Gasteiger partial charge on any atom is 0.227 e. The summed E-state index contributed by atoms with van der Waals surface area (Å²) >= 11 is 0. The molecule has 2 rings (SSSR count). The van der Waals surface area contributed by atoms with Crippen molar-refractivity contribution in [3.8, 4) is 0 Å². The predicted molar refractivity (Wildman–Crippen MR) is 87.3 cm³/mol. The molecular weight excluding hydrogens is 260 g/mol. The van der Waals surface area contributed by atoms with Crippen LogP contribution in [-0.2, 0) is 4.79 Å². The molecule has 0 radical (unpaired) electrons. The smallest absolute Gasteiger partial charge is 0.227 e. The van der Waals surface area contributed by atoms with Gasteiger partial charge in [-0.05, 0) is 37.3 Å². The van der Waals surface area contributed by atoms with Crippen LogP contribution in [0, 0.1) is 5.92 Å². The first-order chi connectivity index (χ1) is 10.2. The van der Waals surface area contributed by atoms with Crippen LogP contribution in [-0.4, -0.2) is 25.0 Å². The van der Waals surface area contributed by atoms with Crippen LogP contribution in [0.15, 0.2) is 30.3 Å². The summed E-state index contributed by atoms with van der Waals surface area (Å²) in [5.74, 6) is 0.498. The van der Waals surface area contributed by atoms with Crippen LogP contribution in [0.25, 0.3) is 0 Å². The van der Waals surface area contributed by atoms with E-state index in [0.717, 1.165) is 31.5 Å². The highest BCUT2D eigenvalue weighted by molar-refractivity contribution is 5.83. The molecule has 1 fully saturated rings. The summed E-state index contributed by atoms with van der Waals surface area (Å²) in [5, 5.41) is 6.62. The van der Waals surface area contributed by atoms with E-state index in [1.54, 1.807) is 0 Å². The molecule has 1 saturated heterocycles. The molecule has 116 valence electrons. The third-order valence-electron chi connectivity index (χ3n) is 4.61. The Kier molecular flexibility index (Phi) is 6.24. The minimum Gasteiger partial charge on any atom is -0.356 e. The lowest BCUT2D eigenvalue weighted by Crippen LogP contribution is -2.35. The Bertz CT molecular complexity index is 426. The summed E-state index contributed by atoms with van der Waals surface area (Å²) in [6.45, 7) is 6.21. The van der Waals surface area contributed by atoms with Crippen molar-refractivity contribution in [1.29, 1.82) is 0 Å². The molecule has 1 aliphatic heterocycles. The lowest BCUT2D eigenvalue weighted by atomic mass is 9.85. The van der Waals surface area contributed by atoms with Gasteiger partial charge >= 0.3 is 0 Å². The molecule has 0 aliphatic carbocycles. The van der Waals surface area contributed by atoms with Crippen LogP contribution >= 0.6 is 0 Å². The third kappa shape index (κ3) is 4.57. The maximum absolute atomic E-state index is 12.6. The largest absolute Gasteiger partial charge is 0.356 e. The molecule has 0 saturated carbocycles. The van der Waals surface area contributed by atoms with Crippen molar-refractivity contribution in [2.75, 3.05) is 13.1 Å². The first-order valence-electron chi connectivity index (χ1n) is 8.28. The fourth-order valence-corrected chi connectivity index (χ4v) is 3.12. The van der Waals surface area contributed by atoms with Crippen LogP contribution in [0.1, 0.15) is 51.0 Å². The van der Waals surface area contributed by atoms with E-state index in [0.29, 0.717) is 12.0 Å². The molecule has 21 heavy (non-hydrogen) atoms. The van der Waals surface area contributed by atoms with Gasteiger partial charge in [-0.1, -0.05) is 50.6 Å². The van der Waals surface area contributed by atoms with E-state index in [-0.39, 0.29) is 11.8 Å². The SMILES string of the molecule is CCC(C)C(C(=O)NCC[C@@H]1CCCN1)c1ccccc1. The van der Waals surface area contributed by atoms with Gasteiger partial charge in [-0.3, -0.25) is 4.79 Å². The highest BCUT2D eigenvalue weighted by Gasteiger charge is 2.25. The van der Waals surface area contributed by atoms with E-state index in [4.69, 9.17) is 0 Å². The van der Waals surface area contributed by atoms with Gasteiger partial charge in [0.2, 0.25) is 5.91 Å². The molecule has 2 unspecified atom stereocenters. The molecule has 3 atom stereocenters. The van der Waals surface area contributed by atoms with E-state index in [1.807, 2.05) is 18.2 Å². The van der Waals surface area contributed by atoms with Crippen molar-refractivity contribution in [3.05, 3.63) is 35.9 Å². The van der Waals surface area contributed by atoms with Crippen LogP contribution < -0.4 is 10.6 Å². The summed E-state index contributed by atoms with van der Waals surface area (Å²) in [5.41, 5.74) is 1.13. The molecule has 0 aromatic heterocycles. The molecule has 0 spiro atoms. The van der Waals surface area contributed by atoms with E-state index < -0.39 is 0 Å². The summed E-state index contributed by atoms with van der Waals surface area (Å²) in [7, 11) is 0. The number of benzene rings is 1. The number of hydrogen-bond acceptors (Lipinski definition) is 2. The highest BCUT2D eigenvalue weighted by atomic mass is 16.1. The summed E-state index contributed by atoms with van der Waals surface area (Å²) < 4.78 is 0. The number of carbonyl (C=O) groups excluding carboxylic acids is 1. The number of carbonyl (C=O) groups is 1. The second-order valence-electron chi connectivity index (χ2n) is 6.15. The first-order valence-corrected chi connectivity index (χ1v) is 8.28. The summed E-state index contributed by atoms with van der Waals surface area (Å²) in [6.07, 6.45) is 4.55. The lowest BCUT2D eigenvalue weighted by Gasteiger charge is -2.23. The van der Waals surface area contributed by atoms with Crippen molar-refractivity contribution in [1.82, 2.24) is 10.6 Å². The second-order valence-corrected chi connectivity index (χ2v) is 6.15. The van der Waals surface area contributed by atoms with E-state index >= 15 is 0 Å². The Balaban J connectivity index is 1.91. The maximum atomic E-state index is 12.6. The van der Waals surface area contributed by atoms with Gasteiger partial charge in [0.15, 0.2) is 0 Å².